The summed E-state index contributed by atoms with van der Waals surface area (Å²) >= 11 is 0. The average Bonchev–Trinajstić information content (AvgIpc) is 3.37. The first-order valence-corrected chi connectivity index (χ1v) is 7.57. The van der Waals surface area contributed by atoms with Gasteiger partial charge in [-0.15, -0.1) is 10.2 Å². The van der Waals surface area contributed by atoms with E-state index in [1.165, 1.54) is 25.7 Å². The molecule has 3 aliphatic rings. The van der Waals surface area contributed by atoms with Gasteiger partial charge in [0.25, 0.3) is 0 Å². The molecular formula is C14H20N6. The smallest absolute Gasteiger partial charge is 0.147 e. The highest BCUT2D eigenvalue weighted by molar-refractivity contribution is 5.19. The van der Waals surface area contributed by atoms with Crippen molar-refractivity contribution in [1.29, 1.82) is 5.26 Å². The molecule has 20 heavy (non-hydrogen) atoms. The molecule has 2 heterocycles. The Morgan fingerprint density at radius 1 is 1.35 bits per heavy atom. The van der Waals surface area contributed by atoms with Crippen LogP contribution in [0.2, 0.25) is 0 Å². The van der Waals surface area contributed by atoms with Crippen LogP contribution in [0.4, 0.5) is 0 Å². The van der Waals surface area contributed by atoms with E-state index in [2.05, 4.69) is 31.1 Å². The molecule has 2 saturated carbocycles. The third kappa shape index (κ3) is 2.21. The van der Waals surface area contributed by atoms with Gasteiger partial charge in [0.1, 0.15) is 17.7 Å². The summed E-state index contributed by atoms with van der Waals surface area (Å²) < 4.78 is 2.11. The lowest BCUT2D eigenvalue weighted by atomic mass is 9.93. The predicted octanol–water partition coefficient (Wildman–Crippen LogP) is 0.518. The quantitative estimate of drug-likeness (QED) is 0.846. The molecule has 2 fully saturated rings. The largest absolute Gasteiger partial charge is 0.315 e. The van der Waals surface area contributed by atoms with Crippen LogP contribution >= 0.6 is 0 Å². The van der Waals surface area contributed by atoms with E-state index in [0.29, 0.717) is 12.0 Å². The molecule has 6 heteroatoms. The van der Waals surface area contributed by atoms with Crippen LogP contribution in [0.25, 0.3) is 0 Å². The number of aromatic nitrogens is 3. The fourth-order valence-electron chi connectivity index (χ4n) is 3.22. The number of nitrogens with zero attached hydrogens (tertiary/aromatic N) is 5. The van der Waals surface area contributed by atoms with Gasteiger partial charge in [-0.05, 0) is 31.6 Å². The van der Waals surface area contributed by atoms with Crippen molar-refractivity contribution in [3.8, 4) is 6.07 Å². The molecule has 0 amide bonds. The van der Waals surface area contributed by atoms with Crippen molar-refractivity contribution in [2.24, 2.45) is 5.92 Å². The number of fused-ring (bicyclic) bond motifs is 1. The van der Waals surface area contributed by atoms with Crippen molar-refractivity contribution in [2.45, 2.75) is 50.4 Å². The molecule has 106 valence electrons. The van der Waals surface area contributed by atoms with Gasteiger partial charge in [-0.1, -0.05) is 0 Å². The summed E-state index contributed by atoms with van der Waals surface area (Å²) in [4.78, 5) is 2.36. The van der Waals surface area contributed by atoms with E-state index < -0.39 is 0 Å². The van der Waals surface area contributed by atoms with Crippen molar-refractivity contribution in [2.75, 3.05) is 13.1 Å². The van der Waals surface area contributed by atoms with Crippen molar-refractivity contribution < 1.29 is 0 Å². The molecular weight excluding hydrogens is 252 g/mol. The number of hydrogen-bond donors (Lipinski definition) is 1. The molecule has 1 aliphatic heterocycles. The first-order chi connectivity index (χ1) is 9.79. The summed E-state index contributed by atoms with van der Waals surface area (Å²) in [6.07, 6.45) is 6.64. The van der Waals surface area contributed by atoms with E-state index >= 15 is 0 Å². The molecule has 6 nitrogen and oxygen atoms in total. The lowest BCUT2D eigenvalue weighted by molar-refractivity contribution is 0.159. The van der Waals surface area contributed by atoms with Crippen LogP contribution in [0.5, 0.6) is 0 Å². The summed E-state index contributed by atoms with van der Waals surface area (Å²) in [5, 5.41) is 21.5. The Morgan fingerprint density at radius 3 is 2.90 bits per heavy atom. The zero-order valence-electron chi connectivity index (χ0n) is 11.6. The Morgan fingerprint density at radius 2 is 2.20 bits per heavy atom. The van der Waals surface area contributed by atoms with Gasteiger partial charge in [-0.25, -0.2) is 0 Å². The minimum absolute atomic E-state index is 0.344. The Hall–Kier alpha value is -1.45. The monoisotopic (exact) mass is 272 g/mol. The van der Waals surface area contributed by atoms with Crippen molar-refractivity contribution in [1.82, 2.24) is 25.0 Å². The maximum absolute atomic E-state index is 9.78. The normalized spacial score (nSPS) is 25.8. The van der Waals surface area contributed by atoms with E-state index in [1.807, 2.05) is 0 Å². The fourth-order valence-corrected chi connectivity index (χ4v) is 3.22. The SMILES string of the molecule is N#CC(CN1CCn2cnnc2C1)(NC1CC1)C1CC1. The highest BCUT2D eigenvalue weighted by Gasteiger charge is 2.49. The second kappa shape index (κ2) is 4.54. The molecule has 0 bridgehead atoms. The zero-order valence-corrected chi connectivity index (χ0v) is 11.6. The van der Waals surface area contributed by atoms with Gasteiger partial charge in [0.2, 0.25) is 0 Å². The molecule has 2 aliphatic carbocycles. The molecule has 0 radical (unpaired) electrons. The van der Waals surface area contributed by atoms with E-state index in [0.717, 1.165) is 32.0 Å². The Balaban J connectivity index is 1.49. The maximum Gasteiger partial charge on any atom is 0.147 e. The van der Waals surface area contributed by atoms with Gasteiger partial charge >= 0.3 is 0 Å². The van der Waals surface area contributed by atoms with Crippen molar-refractivity contribution in [3.05, 3.63) is 12.2 Å². The van der Waals surface area contributed by atoms with Gasteiger partial charge in [0.15, 0.2) is 0 Å². The fraction of sp³-hybridized carbons (Fsp3) is 0.786. The van der Waals surface area contributed by atoms with Gasteiger partial charge in [-0.3, -0.25) is 10.2 Å². The van der Waals surface area contributed by atoms with E-state index in [1.54, 1.807) is 6.33 Å². The van der Waals surface area contributed by atoms with Gasteiger partial charge < -0.3 is 4.57 Å². The van der Waals surface area contributed by atoms with E-state index in [9.17, 15) is 5.26 Å². The van der Waals surface area contributed by atoms with Gasteiger partial charge in [-0.2, -0.15) is 5.26 Å². The summed E-state index contributed by atoms with van der Waals surface area (Å²) in [5.41, 5.74) is -0.344. The average molecular weight is 272 g/mol. The standard InChI is InChI=1S/C14H20N6/c15-8-14(11-1-2-11,17-12-3-4-12)9-19-5-6-20-10-16-18-13(20)7-19/h10-12,17H,1-7,9H2. The molecule has 1 aromatic heterocycles. The second-order valence-corrected chi connectivity index (χ2v) is 6.43. The highest BCUT2D eigenvalue weighted by atomic mass is 15.3. The molecule has 0 saturated heterocycles. The molecule has 1 unspecified atom stereocenters. The molecule has 0 spiro atoms. The predicted molar refractivity (Wildman–Crippen MR) is 72.5 cm³/mol. The lowest BCUT2D eigenvalue weighted by Crippen LogP contribution is -2.56. The number of hydrogen-bond acceptors (Lipinski definition) is 5. The van der Waals surface area contributed by atoms with E-state index in [-0.39, 0.29) is 5.54 Å². The Labute approximate surface area is 118 Å². The highest BCUT2D eigenvalue weighted by Crippen LogP contribution is 2.42. The zero-order chi connectivity index (χ0) is 13.6. The minimum atomic E-state index is -0.344. The number of nitrogens with one attached hydrogen (secondary N) is 1. The maximum atomic E-state index is 9.78. The molecule has 1 aromatic rings. The van der Waals surface area contributed by atoms with Crippen LogP contribution in [0, 0.1) is 17.2 Å². The number of nitriles is 1. The third-order valence-electron chi connectivity index (χ3n) is 4.70. The van der Waals surface area contributed by atoms with Crippen molar-refractivity contribution >= 4 is 0 Å². The number of rotatable bonds is 5. The lowest BCUT2D eigenvalue weighted by Gasteiger charge is -2.36. The summed E-state index contributed by atoms with van der Waals surface area (Å²) in [6.45, 7) is 3.53. The van der Waals surface area contributed by atoms with Crippen LogP contribution in [-0.4, -0.2) is 44.3 Å². The molecule has 1 N–H and O–H groups in total. The Bertz CT molecular complexity index is 538. The van der Waals surface area contributed by atoms with Crippen LogP contribution in [0.15, 0.2) is 6.33 Å². The summed E-state index contributed by atoms with van der Waals surface area (Å²) in [7, 11) is 0. The van der Waals surface area contributed by atoms with Crippen molar-refractivity contribution in [3.63, 3.8) is 0 Å². The van der Waals surface area contributed by atoms with Gasteiger partial charge in [0.05, 0.1) is 12.6 Å². The third-order valence-corrected chi connectivity index (χ3v) is 4.70. The van der Waals surface area contributed by atoms with Crippen LogP contribution in [0.1, 0.15) is 31.5 Å². The first kappa shape index (κ1) is 12.3. The Kier molecular flexibility index (Phi) is 2.79. The van der Waals surface area contributed by atoms with Gasteiger partial charge in [0, 0.05) is 25.7 Å². The van der Waals surface area contributed by atoms with Crippen LogP contribution in [-0.2, 0) is 13.1 Å². The second-order valence-electron chi connectivity index (χ2n) is 6.43. The minimum Gasteiger partial charge on any atom is -0.315 e. The topological polar surface area (TPSA) is 69.8 Å². The summed E-state index contributed by atoms with van der Waals surface area (Å²) in [5.74, 6) is 1.55. The molecule has 4 rings (SSSR count). The summed E-state index contributed by atoms with van der Waals surface area (Å²) in [6, 6.07) is 3.19. The van der Waals surface area contributed by atoms with E-state index in [4.69, 9.17) is 0 Å². The molecule has 0 aromatic carbocycles. The molecule has 1 atom stereocenters. The van der Waals surface area contributed by atoms with Crippen LogP contribution < -0.4 is 5.32 Å². The van der Waals surface area contributed by atoms with Crippen LogP contribution in [0.3, 0.4) is 0 Å². The first-order valence-electron chi connectivity index (χ1n) is 7.57.